The number of nitrogens with one attached hydrogen (secondary N) is 2. The van der Waals surface area contributed by atoms with Gasteiger partial charge in [-0.15, -0.1) is 0 Å². The van der Waals surface area contributed by atoms with Gasteiger partial charge in [0.1, 0.15) is 0 Å². The predicted molar refractivity (Wildman–Crippen MR) is 93.6 cm³/mol. The van der Waals surface area contributed by atoms with Gasteiger partial charge in [-0.1, -0.05) is 51.7 Å². The first-order valence-electron chi connectivity index (χ1n) is 8.66. The Balaban J connectivity index is 2.31. The summed E-state index contributed by atoms with van der Waals surface area (Å²) < 4.78 is 5.17. The minimum absolute atomic E-state index is 0.250. The molecule has 0 heterocycles. The van der Waals surface area contributed by atoms with E-state index in [1.165, 1.54) is 19.3 Å². The van der Waals surface area contributed by atoms with Gasteiger partial charge >= 0.3 is 12.2 Å². The molecule has 0 aromatic rings. The molecule has 7 heteroatoms. The molecule has 1 aliphatic rings. The van der Waals surface area contributed by atoms with Crippen LogP contribution in [0.15, 0.2) is 0 Å². The van der Waals surface area contributed by atoms with Crippen LogP contribution in [0.4, 0.5) is 9.59 Å². The molecule has 1 aliphatic carbocycles. The lowest BCUT2D eigenvalue weighted by molar-refractivity contribution is 0.148. The fourth-order valence-corrected chi connectivity index (χ4v) is 3.62. The maximum Gasteiger partial charge on any atom is 0.407 e. The number of amides is 2. The molecule has 0 bridgehead atoms. The second kappa shape index (κ2) is 9.80. The summed E-state index contributed by atoms with van der Waals surface area (Å²) in [6.07, 6.45) is 5.30. The lowest BCUT2D eigenvalue weighted by Crippen LogP contribution is -2.44. The molecular weight excluding hydrogens is 312 g/mol. The Hall–Kier alpha value is -1.24. The summed E-state index contributed by atoms with van der Waals surface area (Å²) in [6.45, 7) is 7.40. The Morgan fingerprint density at radius 3 is 2.43 bits per heavy atom. The molecule has 1 fully saturated rings. The van der Waals surface area contributed by atoms with Crippen molar-refractivity contribution < 1.29 is 19.4 Å². The quantitative estimate of drug-likeness (QED) is 0.586. The fraction of sp³-hybridized carbons (Fsp3) is 0.875. The van der Waals surface area contributed by atoms with Crippen molar-refractivity contribution in [2.24, 2.45) is 5.92 Å². The number of hydrogen-bond donors (Lipinski definition) is 3. The Morgan fingerprint density at radius 2 is 1.87 bits per heavy atom. The summed E-state index contributed by atoms with van der Waals surface area (Å²) in [5.41, 5.74) is 0. The van der Waals surface area contributed by atoms with Gasteiger partial charge in [0.05, 0.1) is 6.61 Å². The lowest BCUT2D eigenvalue weighted by Gasteiger charge is -2.26. The minimum Gasteiger partial charge on any atom is -0.465 e. The summed E-state index contributed by atoms with van der Waals surface area (Å²) in [4.78, 5) is 22.6. The highest BCUT2D eigenvalue weighted by Crippen LogP contribution is 2.27. The summed E-state index contributed by atoms with van der Waals surface area (Å²) >= 11 is 0. The Morgan fingerprint density at radius 1 is 1.22 bits per heavy atom. The van der Waals surface area contributed by atoms with Crippen molar-refractivity contribution in [3.8, 4) is 0 Å². The van der Waals surface area contributed by atoms with E-state index in [2.05, 4.69) is 30.3 Å². The zero-order valence-electron chi connectivity index (χ0n) is 14.7. The van der Waals surface area contributed by atoms with E-state index >= 15 is 0 Å². The molecule has 1 rings (SSSR count). The first kappa shape index (κ1) is 19.8. The first-order valence-corrected chi connectivity index (χ1v) is 12.4. The van der Waals surface area contributed by atoms with Crippen molar-refractivity contribution in [1.29, 1.82) is 0 Å². The van der Waals surface area contributed by atoms with Gasteiger partial charge in [-0.25, -0.2) is 9.59 Å². The van der Waals surface area contributed by atoms with Crippen molar-refractivity contribution in [3.63, 3.8) is 0 Å². The maximum absolute atomic E-state index is 11.7. The van der Waals surface area contributed by atoms with Crippen molar-refractivity contribution in [2.45, 2.75) is 70.3 Å². The zero-order chi connectivity index (χ0) is 17.3. The SMILES string of the molecule is C[Si](C)(C)CCOC(=O)NCC(CC1CCCCC1)NC(=O)O. The van der Waals surface area contributed by atoms with Gasteiger partial charge in [-0.3, -0.25) is 0 Å². The fourth-order valence-electron chi connectivity index (χ4n) is 2.90. The van der Waals surface area contributed by atoms with Crippen LogP contribution < -0.4 is 10.6 Å². The van der Waals surface area contributed by atoms with E-state index < -0.39 is 20.3 Å². The number of carbonyl (C=O) groups excluding carboxylic acids is 1. The molecule has 0 aromatic heterocycles. The number of alkyl carbamates (subject to hydrolysis) is 1. The average Bonchev–Trinajstić information content (AvgIpc) is 2.44. The van der Waals surface area contributed by atoms with E-state index in [4.69, 9.17) is 9.84 Å². The van der Waals surface area contributed by atoms with Crippen LogP contribution in [-0.4, -0.2) is 44.6 Å². The van der Waals surface area contributed by atoms with Crippen LogP contribution in [0.1, 0.15) is 38.5 Å². The molecule has 134 valence electrons. The Kier molecular flexibility index (Phi) is 8.44. The molecule has 1 unspecified atom stereocenters. The first-order chi connectivity index (χ1) is 10.8. The third-order valence-electron chi connectivity index (χ3n) is 4.25. The van der Waals surface area contributed by atoms with E-state index in [0.29, 0.717) is 12.5 Å². The second-order valence-electron chi connectivity index (χ2n) is 7.71. The number of rotatable bonds is 8. The minimum atomic E-state index is -1.22. The molecule has 1 saturated carbocycles. The number of hydrogen-bond acceptors (Lipinski definition) is 3. The monoisotopic (exact) mass is 344 g/mol. The highest BCUT2D eigenvalue weighted by molar-refractivity contribution is 6.76. The molecule has 2 amide bonds. The highest BCUT2D eigenvalue weighted by atomic mass is 28.3. The predicted octanol–water partition coefficient (Wildman–Crippen LogP) is 3.66. The number of ether oxygens (including phenoxy) is 1. The smallest absolute Gasteiger partial charge is 0.407 e. The van der Waals surface area contributed by atoms with Gasteiger partial charge in [0.2, 0.25) is 0 Å². The summed E-state index contributed by atoms with van der Waals surface area (Å²) in [5, 5.41) is 14.2. The summed E-state index contributed by atoms with van der Waals surface area (Å²) in [6, 6.07) is 0.680. The Labute approximate surface area is 140 Å². The molecule has 1 atom stereocenters. The summed E-state index contributed by atoms with van der Waals surface area (Å²) in [7, 11) is -1.22. The third kappa shape index (κ3) is 10.2. The van der Waals surface area contributed by atoms with Crippen LogP contribution in [0.25, 0.3) is 0 Å². The van der Waals surface area contributed by atoms with Crippen molar-refractivity contribution in [3.05, 3.63) is 0 Å². The van der Waals surface area contributed by atoms with Crippen molar-refractivity contribution >= 4 is 20.3 Å². The molecule has 0 aliphatic heterocycles. The largest absolute Gasteiger partial charge is 0.465 e. The van der Waals surface area contributed by atoms with Gasteiger partial charge in [-0.2, -0.15) is 0 Å². The van der Waals surface area contributed by atoms with Crippen LogP contribution in [0.2, 0.25) is 25.7 Å². The van der Waals surface area contributed by atoms with Gasteiger partial charge < -0.3 is 20.5 Å². The van der Waals surface area contributed by atoms with Gasteiger partial charge in [0, 0.05) is 20.7 Å². The van der Waals surface area contributed by atoms with E-state index in [1.54, 1.807) is 0 Å². The van der Waals surface area contributed by atoms with Crippen molar-refractivity contribution in [1.82, 2.24) is 10.6 Å². The Bertz CT molecular complexity index is 379. The number of carbonyl (C=O) groups is 2. The lowest BCUT2D eigenvalue weighted by atomic mass is 9.85. The normalized spacial score (nSPS) is 17.3. The molecule has 0 saturated heterocycles. The number of carboxylic acid groups (broad SMARTS) is 1. The third-order valence-corrected chi connectivity index (χ3v) is 5.95. The zero-order valence-corrected chi connectivity index (χ0v) is 15.7. The second-order valence-corrected chi connectivity index (χ2v) is 13.3. The van der Waals surface area contributed by atoms with E-state index in [1.807, 2.05) is 0 Å². The molecule has 23 heavy (non-hydrogen) atoms. The van der Waals surface area contributed by atoms with Crippen molar-refractivity contribution in [2.75, 3.05) is 13.2 Å². The topological polar surface area (TPSA) is 87.7 Å². The maximum atomic E-state index is 11.7. The average molecular weight is 345 g/mol. The van der Waals surface area contributed by atoms with Crippen LogP contribution in [0.5, 0.6) is 0 Å². The van der Waals surface area contributed by atoms with Crippen LogP contribution in [-0.2, 0) is 4.74 Å². The van der Waals surface area contributed by atoms with Crippen LogP contribution in [0, 0.1) is 5.92 Å². The van der Waals surface area contributed by atoms with Crippen LogP contribution in [0.3, 0.4) is 0 Å². The summed E-state index contributed by atoms with van der Waals surface area (Å²) in [5.74, 6) is 0.547. The molecule has 3 N–H and O–H groups in total. The van der Waals surface area contributed by atoms with E-state index in [0.717, 1.165) is 25.3 Å². The highest BCUT2D eigenvalue weighted by Gasteiger charge is 2.21. The van der Waals surface area contributed by atoms with E-state index in [-0.39, 0.29) is 12.6 Å². The van der Waals surface area contributed by atoms with Gasteiger partial charge in [-0.05, 0) is 18.4 Å². The molecule has 0 spiro atoms. The van der Waals surface area contributed by atoms with Gasteiger partial charge in [0.25, 0.3) is 0 Å². The van der Waals surface area contributed by atoms with Crippen LogP contribution >= 0.6 is 0 Å². The van der Waals surface area contributed by atoms with Gasteiger partial charge in [0.15, 0.2) is 0 Å². The molecule has 0 aromatic carbocycles. The molecule has 6 nitrogen and oxygen atoms in total. The molecular formula is C16H32N2O4Si. The standard InChI is InChI=1S/C16H32N2O4Si/c1-23(2,3)10-9-22-16(21)17-12-14(18-15(19)20)11-13-7-5-4-6-8-13/h13-14,18H,4-12H2,1-3H3,(H,17,21)(H,19,20). The van der Waals surface area contributed by atoms with E-state index in [9.17, 15) is 9.59 Å². The molecule has 0 radical (unpaired) electrons.